The first kappa shape index (κ1) is 18.9. The molecule has 2 amide bonds. The summed E-state index contributed by atoms with van der Waals surface area (Å²) in [7, 11) is 0. The molecule has 2 fully saturated rings. The Balaban J connectivity index is 1.33. The number of benzene rings is 1. The molecule has 6 heteroatoms. The van der Waals surface area contributed by atoms with Gasteiger partial charge in [-0.3, -0.25) is 14.5 Å². The molecule has 2 aromatic rings. The molecule has 1 aromatic heterocycles. The molecule has 2 saturated heterocycles. The number of piperidine rings is 1. The van der Waals surface area contributed by atoms with Gasteiger partial charge in [0.15, 0.2) is 0 Å². The van der Waals surface area contributed by atoms with Crippen molar-refractivity contribution in [1.29, 1.82) is 0 Å². The average Bonchev–Trinajstić information content (AvgIpc) is 2.73. The molecule has 1 atom stereocenters. The number of carbonyl (C=O) groups is 2. The molecular formula is C22H28N4O2. The van der Waals surface area contributed by atoms with Crippen LogP contribution in [0.15, 0.2) is 36.4 Å². The zero-order valence-corrected chi connectivity index (χ0v) is 16.5. The number of rotatable bonds is 3. The van der Waals surface area contributed by atoms with E-state index in [2.05, 4.69) is 16.8 Å². The minimum Gasteiger partial charge on any atom is -0.339 e. The van der Waals surface area contributed by atoms with Crippen LogP contribution in [0.1, 0.15) is 36.7 Å². The Labute approximate surface area is 166 Å². The summed E-state index contributed by atoms with van der Waals surface area (Å²) in [6, 6.07) is 11.9. The summed E-state index contributed by atoms with van der Waals surface area (Å²) in [6.07, 6.45) is 3.43. The number of pyridine rings is 1. The Morgan fingerprint density at radius 1 is 1.00 bits per heavy atom. The van der Waals surface area contributed by atoms with Gasteiger partial charge in [0.2, 0.25) is 5.91 Å². The Morgan fingerprint density at radius 3 is 2.57 bits per heavy atom. The lowest BCUT2D eigenvalue weighted by Gasteiger charge is -2.38. The standard InChI is InChI=1S/C22H28N4O2/c1-17-6-4-5-11-26(17)21(27)16-24-12-14-25(15-13-24)22(28)20-10-9-18-7-2-3-8-19(18)23-20/h2-3,7-10,17H,4-6,11-16H2,1H3. The lowest BCUT2D eigenvalue weighted by molar-refractivity contribution is -0.136. The van der Waals surface area contributed by atoms with Crippen LogP contribution in [0, 0.1) is 0 Å². The normalized spacial score (nSPS) is 21.1. The predicted molar refractivity (Wildman–Crippen MR) is 109 cm³/mol. The third-order valence-electron chi connectivity index (χ3n) is 5.96. The number of likely N-dealkylation sites (tertiary alicyclic amines) is 1. The van der Waals surface area contributed by atoms with Crippen molar-refractivity contribution in [3.8, 4) is 0 Å². The minimum absolute atomic E-state index is 0.0265. The maximum absolute atomic E-state index is 12.8. The van der Waals surface area contributed by atoms with Crippen molar-refractivity contribution in [2.75, 3.05) is 39.3 Å². The highest BCUT2D eigenvalue weighted by Crippen LogP contribution is 2.17. The highest BCUT2D eigenvalue weighted by Gasteiger charge is 2.28. The first-order chi connectivity index (χ1) is 13.6. The topological polar surface area (TPSA) is 56.8 Å². The summed E-state index contributed by atoms with van der Waals surface area (Å²) in [5.41, 5.74) is 1.33. The van der Waals surface area contributed by atoms with Crippen LogP contribution in [-0.4, -0.2) is 76.8 Å². The van der Waals surface area contributed by atoms with Crippen molar-refractivity contribution in [3.05, 3.63) is 42.1 Å². The first-order valence-electron chi connectivity index (χ1n) is 10.3. The lowest BCUT2D eigenvalue weighted by Crippen LogP contribution is -2.53. The van der Waals surface area contributed by atoms with Gasteiger partial charge in [0.1, 0.15) is 5.69 Å². The number of piperazine rings is 1. The number of para-hydroxylation sites is 1. The van der Waals surface area contributed by atoms with Gasteiger partial charge in [0, 0.05) is 44.2 Å². The van der Waals surface area contributed by atoms with Crippen molar-refractivity contribution in [1.82, 2.24) is 19.7 Å². The summed E-state index contributed by atoms with van der Waals surface area (Å²) in [5, 5.41) is 1.04. The van der Waals surface area contributed by atoms with E-state index in [1.807, 2.05) is 40.1 Å². The molecule has 6 nitrogen and oxygen atoms in total. The van der Waals surface area contributed by atoms with Crippen LogP contribution in [-0.2, 0) is 4.79 Å². The molecule has 2 aliphatic heterocycles. The van der Waals surface area contributed by atoms with E-state index >= 15 is 0 Å². The van der Waals surface area contributed by atoms with Gasteiger partial charge in [-0.1, -0.05) is 24.3 Å². The van der Waals surface area contributed by atoms with Crippen LogP contribution in [0.3, 0.4) is 0 Å². The number of hydrogen-bond acceptors (Lipinski definition) is 4. The van der Waals surface area contributed by atoms with Crippen LogP contribution in [0.2, 0.25) is 0 Å². The summed E-state index contributed by atoms with van der Waals surface area (Å²) < 4.78 is 0. The smallest absolute Gasteiger partial charge is 0.272 e. The van der Waals surface area contributed by atoms with Crippen LogP contribution in [0.5, 0.6) is 0 Å². The van der Waals surface area contributed by atoms with Gasteiger partial charge >= 0.3 is 0 Å². The third kappa shape index (κ3) is 4.02. The molecule has 1 aromatic carbocycles. The average molecular weight is 380 g/mol. The van der Waals surface area contributed by atoms with Gasteiger partial charge < -0.3 is 9.80 Å². The molecule has 0 radical (unpaired) electrons. The van der Waals surface area contributed by atoms with Gasteiger partial charge in [0.05, 0.1) is 12.1 Å². The highest BCUT2D eigenvalue weighted by molar-refractivity contribution is 5.95. The summed E-state index contributed by atoms with van der Waals surface area (Å²) in [4.78, 5) is 36.0. The molecule has 28 heavy (non-hydrogen) atoms. The molecule has 2 aliphatic rings. The lowest BCUT2D eigenvalue weighted by atomic mass is 10.0. The van der Waals surface area contributed by atoms with Crippen molar-refractivity contribution in [2.45, 2.75) is 32.2 Å². The van der Waals surface area contributed by atoms with E-state index in [1.54, 1.807) is 6.07 Å². The van der Waals surface area contributed by atoms with Crippen molar-refractivity contribution in [3.63, 3.8) is 0 Å². The maximum atomic E-state index is 12.8. The van der Waals surface area contributed by atoms with E-state index in [0.29, 0.717) is 31.4 Å². The molecule has 0 bridgehead atoms. The molecule has 0 N–H and O–H groups in total. The van der Waals surface area contributed by atoms with Crippen molar-refractivity contribution in [2.24, 2.45) is 0 Å². The highest BCUT2D eigenvalue weighted by atomic mass is 16.2. The van der Waals surface area contributed by atoms with E-state index in [-0.39, 0.29) is 11.8 Å². The Morgan fingerprint density at radius 2 is 1.79 bits per heavy atom. The van der Waals surface area contributed by atoms with Gasteiger partial charge in [0.25, 0.3) is 5.91 Å². The molecular weight excluding hydrogens is 352 g/mol. The zero-order valence-electron chi connectivity index (χ0n) is 16.5. The van der Waals surface area contributed by atoms with Crippen molar-refractivity contribution < 1.29 is 9.59 Å². The Hall–Kier alpha value is -2.47. The Bertz CT molecular complexity index is 860. The molecule has 3 heterocycles. The number of fused-ring (bicyclic) bond motifs is 1. The second-order valence-electron chi connectivity index (χ2n) is 7.89. The summed E-state index contributed by atoms with van der Waals surface area (Å²) >= 11 is 0. The fraction of sp³-hybridized carbons (Fsp3) is 0.500. The van der Waals surface area contributed by atoms with Crippen LogP contribution >= 0.6 is 0 Å². The molecule has 0 spiro atoms. The number of amides is 2. The van der Waals surface area contributed by atoms with E-state index in [0.717, 1.165) is 43.4 Å². The molecule has 0 saturated carbocycles. The van der Waals surface area contributed by atoms with E-state index in [1.165, 1.54) is 6.42 Å². The summed E-state index contributed by atoms with van der Waals surface area (Å²) in [6.45, 7) is 6.21. The number of aromatic nitrogens is 1. The van der Waals surface area contributed by atoms with E-state index in [9.17, 15) is 9.59 Å². The number of nitrogens with zero attached hydrogens (tertiary/aromatic N) is 4. The van der Waals surface area contributed by atoms with E-state index < -0.39 is 0 Å². The SMILES string of the molecule is CC1CCCCN1C(=O)CN1CCN(C(=O)c2ccc3ccccc3n2)CC1. The van der Waals surface area contributed by atoms with Gasteiger partial charge in [-0.05, 0) is 38.3 Å². The monoisotopic (exact) mass is 380 g/mol. The van der Waals surface area contributed by atoms with Gasteiger partial charge in [-0.2, -0.15) is 0 Å². The molecule has 4 rings (SSSR count). The summed E-state index contributed by atoms with van der Waals surface area (Å²) in [5.74, 6) is 0.199. The number of carbonyl (C=O) groups excluding carboxylic acids is 2. The fourth-order valence-electron chi connectivity index (χ4n) is 4.21. The zero-order chi connectivity index (χ0) is 19.5. The van der Waals surface area contributed by atoms with Gasteiger partial charge in [-0.25, -0.2) is 4.98 Å². The van der Waals surface area contributed by atoms with Crippen molar-refractivity contribution >= 4 is 22.7 Å². The van der Waals surface area contributed by atoms with Crippen LogP contribution in [0.4, 0.5) is 0 Å². The second-order valence-corrected chi connectivity index (χ2v) is 7.89. The molecule has 148 valence electrons. The second kappa shape index (κ2) is 8.27. The Kier molecular flexibility index (Phi) is 5.57. The predicted octanol–water partition coefficient (Wildman–Crippen LogP) is 2.39. The van der Waals surface area contributed by atoms with Gasteiger partial charge in [-0.15, -0.1) is 0 Å². The van der Waals surface area contributed by atoms with E-state index in [4.69, 9.17) is 0 Å². The van der Waals surface area contributed by atoms with Crippen LogP contribution in [0.25, 0.3) is 10.9 Å². The maximum Gasteiger partial charge on any atom is 0.272 e. The quantitative estimate of drug-likeness (QED) is 0.821. The largest absolute Gasteiger partial charge is 0.339 e. The molecule has 0 aliphatic carbocycles. The first-order valence-corrected chi connectivity index (χ1v) is 10.3. The minimum atomic E-state index is -0.0265. The third-order valence-corrected chi connectivity index (χ3v) is 5.96. The number of hydrogen-bond donors (Lipinski definition) is 0. The fourth-order valence-corrected chi connectivity index (χ4v) is 4.21. The van der Waals surface area contributed by atoms with Crippen LogP contribution < -0.4 is 0 Å². The molecule has 1 unspecified atom stereocenters.